The summed E-state index contributed by atoms with van der Waals surface area (Å²) in [6.07, 6.45) is 0.659. The van der Waals surface area contributed by atoms with Crippen LogP contribution in [0, 0.1) is 0 Å². The van der Waals surface area contributed by atoms with E-state index in [0.717, 1.165) is 5.56 Å². The van der Waals surface area contributed by atoms with Gasteiger partial charge in [-0.05, 0) is 25.5 Å². The van der Waals surface area contributed by atoms with Gasteiger partial charge in [0.05, 0.1) is 12.7 Å². The first kappa shape index (κ1) is 10.6. The van der Waals surface area contributed by atoms with E-state index in [-0.39, 0.29) is 11.5 Å². The monoisotopic (exact) mass is 194 g/mol. The highest BCUT2D eigenvalue weighted by molar-refractivity contribution is 5.98. The number of aromatic hydroxyl groups is 1. The third kappa shape index (κ3) is 1.71. The molecule has 76 valence electrons. The Hall–Kier alpha value is -1.51. The summed E-state index contributed by atoms with van der Waals surface area (Å²) in [6, 6.07) is 3.15. The molecule has 3 heteroatoms. The molecular weight excluding hydrogens is 180 g/mol. The minimum Gasteiger partial charge on any atom is -0.507 e. The van der Waals surface area contributed by atoms with Gasteiger partial charge in [0.1, 0.15) is 11.5 Å². The molecule has 0 saturated heterocycles. The number of hydrogen-bond donors (Lipinski definition) is 1. The molecule has 14 heavy (non-hydrogen) atoms. The first-order chi connectivity index (χ1) is 6.61. The summed E-state index contributed by atoms with van der Waals surface area (Å²) >= 11 is 0. The minimum atomic E-state index is -0.141. The van der Waals surface area contributed by atoms with Crippen molar-refractivity contribution in [3.8, 4) is 11.5 Å². The van der Waals surface area contributed by atoms with Crippen LogP contribution in [0.4, 0.5) is 0 Å². The third-order valence-corrected chi connectivity index (χ3v) is 2.17. The molecule has 0 aliphatic rings. The summed E-state index contributed by atoms with van der Waals surface area (Å²) in [4.78, 5) is 11.3. The van der Waals surface area contributed by atoms with Crippen LogP contribution in [0.15, 0.2) is 12.1 Å². The van der Waals surface area contributed by atoms with E-state index in [9.17, 15) is 9.90 Å². The van der Waals surface area contributed by atoms with E-state index in [4.69, 9.17) is 4.74 Å². The number of rotatable bonds is 3. The second-order valence-corrected chi connectivity index (χ2v) is 3.05. The van der Waals surface area contributed by atoms with Gasteiger partial charge in [0.25, 0.3) is 0 Å². The fraction of sp³-hybridized carbons (Fsp3) is 0.364. The zero-order valence-corrected chi connectivity index (χ0v) is 8.63. The van der Waals surface area contributed by atoms with Crippen molar-refractivity contribution in [1.82, 2.24) is 0 Å². The summed E-state index contributed by atoms with van der Waals surface area (Å²) in [5, 5.41) is 9.54. The molecule has 0 bridgehead atoms. The van der Waals surface area contributed by atoms with Crippen LogP contribution in [0.5, 0.6) is 11.5 Å². The van der Waals surface area contributed by atoms with E-state index in [1.165, 1.54) is 13.0 Å². The molecule has 0 aliphatic carbocycles. The van der Waals surface area contributed by atoms with Crippen LogP contribution in [-0.4, -0.2) is 18.0 Å². The normalized spacial score (nSPS) is 9.93. The molecule has 0 radical (unpaired) electrons. The van der Waals surface area contributed by atoms with E-state index in [1.807, 2.05) is 6.92 Å². The minimum absolute atomic E-state index is 0.0233. The average Bonchev–Trinajstić information content (AvgIpc) is 2.16. The third-order valence-electron chi connectivity index (χ3n) is 2.17. The van der Waals surface area contributed by atoms with Gasteiger partial charge in [0.2, 0.25) is 0 Å². The van der Waals surface area contributed by atoms with Crippen LogP contribution in [0.1, 0.15) is 29.8 Å². The molecule has 1 rings (SSSR count). The number of methoxy groups -OCH3 is 1. The van der Waals surface area contributed by atoms with Crippen molar-refractivity contribution in [3.05, 3.63) is 23.3 Å². The van der Waals surface area contributed by atoms with Crippen LogP contribution in [0.3, 0.4) is 0 Å². The van der Waals surface area contributed by atoms with Crippen LogP contribution >= 0.6 is 0 Å². The van der Waals surface area contributed by atoms with Crippen molar-refractivity contribution >= 4 is 5.78 Å². The summed E-state index contributed by atoms with van der Waals surface area (Å²) in [5.41, 5.74) is 1.13. The number of Topliss-reactive ketones (excluding diaryl/α,β-unsaturated/α-hetero) is 1. The number of phenols is 1. The molecule has 1 N–H and O–H groups in total. The van der Waals surface area contributed by atoms with Crippen molar-refractivity contribution in [2.24, 2.45) is 0 Å². The highest BCUT2D eigenvalue weighted by Gasteiger charge is 2.15. The van der Waals surface area contributed by atoms with Crippen molar-refractivity contribution in [1.29, 1.82) is 0 Å². The molecule has 0 heterocycles. The predicted octanol–water partition coefficient (Wildman–Crippen LogP) is 2.17. The van der Waals surface area contributed by atoms with E-state index in [0.29, 0.717) is 17.7 Å². The molecule has 0 fully saturated rings. The van der Waals surface area contributed by atoms with Gasteiger partial charge in [-0.1, -0.05) is 6.92 Å². The van der Waals surface area contributed by atoms with Crippen LogP contribution in [-0.2, 0) is 6.42 Å². The van der Waals surface area contributed by atoms with Gasteiger partial charge in [-0.25, -0.2) is 0 Å². The predicted molar refractivity (Wildman–Crippen MR) is 54.0 cm³/mol. The standard InChI is InChI=1S/C11H14O3/c1-4-8-10(14-3)6-5-9(13)11(8)7(2)12/h5-6,13H,4H2,1-3H3. The van der Waals surface area contributed by atoms with Crippen molar-refractivity contribution in [2.45, 2.75) is 20.3 Å². The summed E-state index contributed by atoms with van der Waals surface area (Å²) < 4.78 is 5.12. The van der Waals surface area contributed by atoms with E-state index in [1.54, 1.807) is 13.2 Å². The Balaban J connectivity index is 3.42. The summed E-state index contributed by atoms with van der Waals surface area (Å²) in [6.45, 7) is 3.36. The van der Waals surface area contributed by atoms with E-state index < -0.39 is 0 Å². The quantitative estimate of drug-likeness (QED) is 0.750. The van der Waals surface area contributed by atoms with Gasteiger partial charge in [0.15, 0.2) is 5.78 Å². The van der Waals surface area contributed by atoms with Crippen molar-refractivity contribution in [2.75, 3.05) is 7.11 Å². The van der Waals surface area contributed by atoms with Gasteiger partial charge >= 0.3 is 0 Å². The lowest BCUT2D eigenvalue weighted by atomic mass is 10.00. The zero-order valence-electron chi connectivity index (χ0n) is 8.63. The number of ether oxygens (including phenoxy) is 1. The highest BCUT2D eigenvalue weighted by Crippen LogP contribution is 2.30. The molecule has 0 aromatic heterocycles. The summed E-state index contributed by atoms with van der Waals surface area (Å²) in [5.74, 6) is 0.531. The van der Waals surface area contributed by atoms with Gasteiger partial charge in [-0.15, -0.1) is 0 Å². The molecular formula is C11H14O3. The lowest BCUT2D eigenvalue weighted by Gasteiger charge is -2.11. The Kier molecular flexibility index (Phi) is 3.12. The Morgan fingerprint density at radius 3 is 2.57 bits per heavy atom. The summed E-state index contributed by atoms with van der Waals surface area (Å²) in [7, 11) is 1.55. The Morgan fingerprint density at radius 1 is 1.50 bits per heavy atom. The number of carbonyl (C=O) groups is 1. The molecule has 0 amide bonds. The molecule has 0 aliphatic heterocycles. The Bertz CT molecular complexity index is 356. The average molecular weight is 194 g/mol. The van der Waals surface area contributed by atoms with Gasteiger partial charge in [0, 0.05) is 5.56 Å². The number of phenolic OH excluding ortho intramolecular Hbond substituents is 1. The van der Waals surface area contributed by atoms with Crippen LogP contribution in [0.25, 0.3) is 0 Å². The van der Waals surface area contributed by atoms with E-state index >= 15 is 0 Å². The zero-order chi connectivity index (χ0) is 10.7. The number of ketones is 1. The molecule has 1 aromatic carbocycles. The fourth-order valence-electron chi connectivity index (χ4n) is 1.55. The SMILES string of the molecule is CCc1c(OC)ccc(O)c1C(C)=O. The van der Waals surface area contributed by atoms with Crippen molar-refractivity contribution in [3.63, 3.8) is 0 Å². The first-order valence-electron chi connectivity index (χ1n) is 4.51. The second-order valence-electron chi connectivity index (χ2n) is 3.05. The maximum absolute atomic E-state index is 11.3. The molecule has 0 atom stereocenters. The first-order valence-corrected chi connectivity index (χ1v) is 4.51. The molecule has 0 saturated carbocycles. The fourth-order valence-corrected chi connectivity index (χ4v) is 1.55. The maximum Gasteiger partial charge on any atom is 0.163 e. The highest BCUT2D eigenvalue weighted by atomic mass is 16.5. The van der Waals surface area contributed by atoms with Gasteiger partial charge in [-0.2, -0.15) is 0 Å². The number of hydrogen-bond acceptors (Lipinski definition) is 3. The largest absolute Gasteiger partial charge is 0.507 e. The van der Waals surface area contributed by atoms with Crippen LogP contribution < -0.4 is 4.74 Å². The number of benzene rings is 1. The van der Waals surface area contributed by atoms with E-state index in [2.05, 4.69) is 0 Å². The molecule has 0 spiro atoms. The number of carbonyl (C=O) groups excluding carboxylic acids is 1. The molecule has 3 nitrogen and oxygen atoms in total. The molecule has 0 unspecified atom stereocenters. The Morgan fingerprint density at radius 2 is 2.14 bits per heavy atom. The van der Waals surface area contributed by atoms with Gasteiger partial charge < -0.3 is 9.84 Å². The Labute approximate surface area is 83.3 Å². The van der Waals surface area contributed by atoms with Gasteiger partial charge in [-0.3, -0.25) is 4.79 Å². The second kappa shape index (κ2) is 4.13. The maximum atomic E-state index is 11.3. The van der Waals surface area contributed by atoms with Crippen molar-refractivity contribution < 1.29 is 14.6 Å². The lowest BCUT2D eigenvalue weighted by molar-refractivity contribution is 0.101. The smallest absolute Gasteiger partial charge is 0.163 e. The molecule has 1 aromatic rings. The topological polar surface area (TPSA) is 46.5 Å². The van der Waals surface area contributed by atoms with Crippen LogP contribution in [0.2, 0.25) is 0 Å². The lowest BCUT2D eigenvalue weighted by Crippen LogP contribution is -2.02.